The van der Waals surface area contributed by atoms with Crippen molar-refractivity contribution in [2.24, 2.45) is 0 Å². The van der Waals surface area contributed by atoms with Crippen molar-refractivity contribution in [3.63, 3.8) is 0 Å². The van der Waals surface area contributed by atoms with Gasteiger partial charge in [0.05, 0.1) is 29.2 Å². The fraction of sp³-hybridized carbons (Fsp3) is 0.500. The van der Waals surface area contributed by atoms with Crippen molar-refractivity contribution in [3.05, 3.63) is 48.5 Å². The van der Waals surface area contributed by atoms with Crippen molar-refractivity contribution in [3.8, 4) is 11.5 Å². The van der Waals surface area contributed by atoms with Crippen LogP contribution in [0.5, 0.6) is 11.5 Å². The average molecular weight is 382 g/mol. The number of rotatable bonds is 4. The number of benzene rings is 2. The van der Waals surface area contributed by atoms with Crippen molar-refractivity contribution >= 4 is 17.9 Å². The predicted molar refractivity (Wildman–Crippen MR) is 114 cm³/mol. The molecule has 0 spiro atoms. The summed E-state index contributed by atoms with van der Waals surface area (Å²) in [4.78, 5) is 0. The third-order valence-electron chi connectivity index (χ3n) is 6.83. The lowest BCUT2D eigenvalue weighted by atomic mass is 9.99. The summed E-state index contributed by atoms with van der Waals surface area (Å²) < 4.78 is 0. The third kappa shape index (κ3) is 3.49. The summed E-state index contributed by atoms with van der Waals surface area (Å²) in [6.45, 7) is 0. The maximum absolute atomic E-state index is 13.2. The predicted octanol–water partition coefficient (Wildman–Crippen LogP) is 5.10. The zero-order valence-corrected chi connectivity index (χ0v) is 17.0. The molecule has 0 radical (unpaired) electrons. The van der Waals surface area contributed by atoms with Gasteiger partial charge in [0.2, 0.25) is 0 Å². The summed E-state index contributed by atoms with van der Waals surface area (Å²) in [5.41, 5.74) is 1.18. The molecule has 0 heterocycles. The highest BCUT2D eigenvalue weighted by molar-refractivity contribution is 7.90. The van der Waals surface area contributed by atoms with E-state index in [1.807, 2.05) is 6.07 Å². The quantitative estimate of drug-likeness (QED) is 0.748. The lowest BCUT2D eigenvalue weighted by molar-refractivity contribution is -0.266. The molecule has 2 saturated carbocycles. The van der Waals surface area contributed by atoms with E-state index < -0.39 is 7.26 Å². The van der Waals surface area contributed by atoms with Gasteiger partial charge in [-0.05, 0) is 69.6 Å². The summed E-state index contributed by atoms with van der Waals surface area (Å²) >= 11 is 0. The maximum Gasteiger partial charge on any atom is 0.119 e. The van der Waals surface area contributed by atoms with Gasteiger partial charge in [-0.25, -0.2) is 0 Å². The van der Waals surface area contributed by atoms with Gasteiger partial charge in [0, 0.05) is 6.07 Å². The first kappa shape index (κ1) is 18.8. The SMILES string of the molecule is [O-]c1ccc(O)cc1[P+](c1ccccc1)(C1CCCCC1)C1CCCCC1. The lowest BCUT2D eigenvalue weighted by Crippen LogP contribution is -2.41. The number of hydrogen-bond donors (Lipinski definition) is 1. The van der Waals surface area contributed by atoms with E-state index in [2.05, 4.69) is 30.3 Å². The first-order chi connectivity index (χ1) is 13.2. The van der Waals surface area contributed by atoms with E-state index in [4.69, 9.17) is 0 Å². The number of phenolic OH excluding ortho intramolecular Hbond substituents is 1. The summed E-state index contributed by atoms with van der Waals surface area (Å²) in [5.74, 6) is 0.387. The molecule has 0 aromatic heterocycles. The molecule has 0 unspecified atom stereocenters. The van der Waals surface area contributed by atoms with E-state index in [0.717, 1.165) is 5.30 Å². The fourth-order valence-electron chi connectivity index (χ4n) is 5.70. The molecule has 0 aliphatic heterocycles. The highest BCUT2D eigenvalue weighted by Gasteiger charge is 2.56. The maximum atomic E-state index is 13.2. The Morgan fingerprint density at radius 1 is 0.741 bits per heavy atom. The Balaban J connectivity index is 1.96. The van der Waals surface area contributed by atoms with Crippen LogP contribution < -0.4 is 15.7 Å². The second-order valence-electron chi connectivity index (χ2n) is 8.35. The van der Waals surface area contributed by atoms with E-state index >= 15 is 0 Å². The Morgan fingerprint density at radius 3 is 1.85 bits per heavy atom. The summed E-state index contributed by atoms with van der Waals surface area (Å²) in [6, 6.07) is 15.9. The standard InChI is InChI=1S/C24H31O2P/c25-19-16-17-23(26)24(18-19)27(20-10-4-1-5-11-20,21-12-6-2-7-13-21)22-14-8-3-9-15-22/h1,4-5,10-11,16-18,21-22H,2-3,6-9,12-15H2,(H-,25,26). The van der Waals surface area contributed by atoms with Crippen LogP contribution in [0, 0.1) is 0 Å². The zero-order chi connectivity index (χ0) is 18.7. The van der Waals surface area contributed by atoms with Crippen LogP contribution in [-0.4, -0.2) is 16.4 Å². The van der Waals surface area contributed by atoms with Crippen molar-refractivity contribution in [2.75, 3.05) is 0 Å². The van der Waals surface area contributed by atoms with Gasteiger partial charge >= 0.3 is 0 Å². The minimum atomic E-state index is -1.89. The molecule has 2 aliphatic carbocycles. The third-order valence-corrected chi connectivity index (χ3v) is 12.5. The Labute approximate surface area is 164 Å². The van der Waals surface area contributed by atoms with Crippen LogP contribution in [0.1, 0.15) is 64.2 Å². The lowest BCUT2D eigenvalue weighted by Gasteiger charge is -2.44. The van der Waals surface area contributed by atoms with Crippen LogP contribution in [0.15, 0.2) is 48.5 Å². The molecule has 4 rings (SSSR count). The molecular formula is C24H31O2P. The fourth-order valence-corrected chi connectivity index (χ4v) is 12.0. The molecular weight excluding hydrogens is 351 g/mol. The molecule has 2 nitrogen and oxygen atoms in total. The zero-order valence-electron chi connectivity index (χ0n) is 16.1. The van der Waals surface area contributed by atoms with E-state index in [1.54, 1.807) is 12.1 Å². The van der Waals surface area contributed by atoms with E-state index in [1.165, 1.54) is 69.5 Å². The number of aromatic hydroxyl groups is 1. The van der Waals surface area contributed by atoms with Gasteiger partial charge in [-0.2, -0.15) is 0 Å². The second kappa shape index (κ2) is 8.23. The average Bonchev–Trinajstić information content (AvgIpc) is 2.73. The highest BCUT2D eigenvalue weighted by atomic mass is 31.2. The monoisotopic (exact) mass is 382 g/mol. The van der Waals surface area contributed by atoms with Gasteiger partial charge in [0.1, 0.15) is 5.75 Å². The highest BCUT2D eigenvalue weighted by Crippen LogP contribution is 2.71. The smallest absolute Gasteiger partial charge is 0.119 e. The molecule has 2 aromatic rings. The summed E-state index contributed by atoms with van der Waals surface area (Å²) in [7, 11) is -1.89. The van der Waals surface area contributed by atoms with Crippen LogP contribution in [0.4, 0.5) is 0 Å². The molecule has 0 atom stereocenters. The van der Waals surface area contributed by atoms with Crippen LogP contribution in [0.2, 0.25) is 0 Å². The van der Waals surface area contributed by atoms with E-state index in [0.29, 0.717) is 11.3 Å². The van der Waals surface area contributed by atoms with E-state index in [9.17, 15) is 10.2 Å². The van der Waals surface area contributed by atoms with Crippen molar-refractivity contribution < 1.29 is 10.2 Å². The molecule has 2 fully saturated rings. The van der Waals surface area contributed by atoms with E-state index in [-0.39, 0.29) is 11.5 Å². The Kier molecular flexibility index (Phi) is 5.74. The molecule has 27 heavy (non-hydrogen) atoms. The molecule has 2 aliphatic rings. The van der Waals surface area contributed by atoms with Crippen molar-refractivity contribution in [2.45, 2.75) is 75.5 Å². The Hall–Kier alpha value is -1.53. The van der Waals surface area contributed by atoms with Crippen molar-refractivity contribution in [1.29, 1.82) is 0 Å². The van der Waals surface area contributed by atoms with Crippen LogP contribution >= 0.6 is 7.26 Å². The summed E-state index contributed by atoms with van der Waals surface area (Å²) in [6.07, 6.45) is 12.7. The van der Waals surface area contributed by atoms with Crippen LogP contribution in [0.25, 0.3) is 0 Å². The Morgan fingerprint density at radius 2 is 1.30 bits per heavy atom. The van der Waals surface area contributed by atoms with Crippen LogP contribution in [0.3, 0.4) is 0 Å². The minimum absolute atomic E-state index is 0.140. The normalized spacial score (nSPS) is 19.9. The topological polar surface area (TPSA) is 43.3 Å². The molecule has 0 amide bonds. The van der Waals surface area contributed by atoms with Gasteiger partial charge in [0.15, 0.2) is 0 Å². The largest absolute Gasteiger partial charge is 0.870 e. The first-order valence-electron chi connectivity index (χ1n) is 10.7. The molecule has 3 heteroatoms. The van der Waals surface area contributed by atoms with Gasteiger partial charge < -0.3 is 10.2 Å². The van der Waals surface area contributed by atoms with Gasteiger partial charge in [-0.3, -0.25) is 0 Å². The number of hydrogen-bond acceptors (Lipinski definition) is 2. The number of phenols is 1. The molecule has 0 saturated heterocycles. The second-order valence-corrected chi connectivity index (χ2v) is 12.4. The van der Waals surface area contributed by atoms with Gasteiger partial charge in [0.25, 0.3) is 0 Å². The summed E-state index contributed by atoms with van der Waals surface area (Å²) in [5, 5.41) is 25.9. The van der Waals surface area contributed by atoms with Gasteiger partial charge in [-0.15, -0.1) is 0 Å². The first-order valence-corrected chi connectivity index (χ1v) is 12.6. The minimum Gasteiger partial charge on any atom is -0.870 e. The molecule has 1 N–H and O–H groups in total. The van der Waals surface area contributed by atoms with Crippen LogP contribution in [-0.2, 0) is 0 Å². The molecule has 0 bridgehead atoms. The van der Waals surface area contributed by atoms with Crippen molar-refractivity contribution in [1.82, 2.24) is 0 Å². The molecule has 2 aromatic carbocycles. The molecule has 144 valence electrons. The Bertz CT molecular complexity index is 728. The van der Waals surface area contributed by atoms with Gasteiger partial charge in [-0.1, -0.05) is 42.9 Å².